The summed E-state index contributed by atoms with van der Waals surface area (Å²) in [5.74, 6) is 2.15. The van der Waals surface area contributed by atoms with Crippen molar-refractivity contribution < 1.29 is 9.52 Å². The summed E-state index contributed by atoms with van der Waals surface area (Å²) in [6.45, 7) is 6.79. The van der Waals surface area contributed by atoms with E-state index in [9.17, 15) is 5.11 Å². The van der Waals surface area contributed by atoms with Crippen LogP contribution in [0, 0.1) is 0 Å². The summed E-state index contributed by atoms with van der Waals surface area (Å²) in [5, 5.41) is 13.6. The molecule has 0 amide bonds. The van der Waals surface area contributed by atoms with Crippen molar-refractivity contribution >= 4 is 17.4 Å². The van der Waals surface area contributed by atoms with Gasteiger partial charge in [0.25, 0.3) is 0 Å². The van der Waals surface area contributed by atoms with Crippen LogP contribution < -0.4 is 10.6 Å². The summed E-state index contributed by atoms with van der Waals surface area (Å²) in [5.41, 5.74) is 6.76. The minimum atomic E-state index is 0.168. The van der Waals surface area contributed by atoms with Crippen LogP contribution in [-0.4, -0.2) is 67.9 Å². The molecule has 9 heteroatoms. The van der Waals surface area contributed by atoms with Gasteiger partial charge < -0.3 is 20.2 Å². The van der Waals surface area contributed by atoms with E-state index < -0.39 is 0 Å². The van der Waals surface area contributed by atoms with Gasteiger partial charge in [-0.25, -0.2) is 4.98 Å². The fourth-order valence-electron chi connectivity index (χ4n) is 3.67. The highest BCUT2D eigenvalue weighted by Gasteiger charge is 2.30. The van der Waals surface area contributed by atoms with E-state index in [4.69, 9.17) is 10.2 Å². The maximum Gasteiger partial charge on any atom is 0.225 e. The molecule has 4 rings (SSSR count). The second kappa shape index (κ2) is 6.58. The van der Waals surface area contributed by atoms with Crippen LogP contribution in [0.1, 0.15) is 13.8 Å². The second-order valence-electron chi connectivity index (χ2n) is 6.72. The fourth-order valence-corrected chi connectivity index (χ4v) is 3.67. The number of β-amino-alcohol motifs (C(OH)–C–C–N with tert-alkyl or cyclic N) is 1. The van der Waals surface area contributed by atoms with Crippen molar-refractivity contribution in [2.75, 3.05) is 36.9 Å². The number of piperazine rings is 1. The molecule has 9 nitrogen and oxygen atoms in total. The van der Waals surface area contributed by atoms with Crippen LogP contribution in [-0.2, 0) is 0 Å². The van der Waals surface area contributed by atoms with Crippen molar-refractivity contribution in [1.82, 2.24) is 24.5 Å². The summed E-state index contributed by atoms with van der Waals surface area (Å²) < 4.78 is 6.89. The summed E-state index contributed by atoms with van der Waals surface area (Å²) in [6, 6.07) is 6.12. The molecule has 2 atom stereocenters. The third kappa shape index (κ3) is 2.89. The molecule has 3 N–H and O–H groups in total. The molecular weight excluding hydrogens is 334 g/mol. The molecule has 0 aliphatic carbocycles. The molecule has 0 bridgehead atoms. The summed E-state index contributed by atoms with van der Waals surface area (Å²) >= 11 is 0. The van der Waals surface area contributed by atoms with E-state index in [0.717, 1.165) is 18.9 Å². The summed E-state index contributed by atoms with van der Waals surface area (Å²) in [6.07, 6.45) is 1.59. The second-order valence-corrected chi connectivity index (χ2v) is 6.72. The predicted molar refractivity (Wildman–Crippen MR) is 97.8 cm³/mol. The Bertz CT molecular complexity index is 880. The molecule has 4 heterocycles. The van der Waals surface area contributed by atoms with Crippen molar-refractivity contribution in [3.63, 3.8) is 0 Å². The topological polar surface area (TPSA) is 109 Å². The number of aliphatic hydroxyl groups excluding tert-OH is 1. The van der Waals surface area contributed by atoms with Crippen LogP contribution in [0.3, 0.4) is 0 Å². The van der Waals surface area contributed by atoms with Crippen LogP contribution in [0.15, 0.2) is 28.9 Å². The molecule has 1 saturated heterocycles. The Morgan fingerprint density at radius 1 is 1.27 bits per heavy atom. The van der Waals surface area contributed by atoms with Gasteiger partial charge in [0.1, 0.15) is 5.82 Å². The normalized spacial score (nSPS) is 21.6. The number of fused-ring (bicyclic) bond motifs is 1. The Kier molecular flexibility index (Phi) is 4.25. The number of hydrogen-bond acceptors (Lipinski definition) is 8. The van der Waals surface area contributed by atoms with Gasteiger partial charge in [-0.3, -0.25) is 4.90 Å². The third-order valence-electron chi connectivity index (χ3n) is 4.86. The van der Waals surface area contributed by atoms with Crippen LogP contribution >= 0.6 is 0 Å². The van der Waals surface area contributed by atoms with Gasteiger partial charge in [0, 0.05) is 37.8 Å². The number of aliphatic hydroxyl groups is 1. The number of anilines is 2. The van der Waals surface area contributed by atoms with Gasteiger partial charge in [-0.15, -0.1) is 5.10 Å². The minimum absolute atomic E-state index is 0.168. The SMILES string of the molecule is CC1CN(c2cc3nc(-c4ccco4)nn3c(N)n2)CC(C)N1CCO. The number of furan rings is 1. The van der Waals surface area contributed by atoms with E-state index in [2.05, 4.69) is 38.7 Å². The Balaban J connectivity index is 1.65. The first-order valence-electron chi connectivity index (χ1n) is 8.75. The van der Waals surface area contributed by atoms with Crippen LogP contribution in [0.25, 0.3) is 17.2 Å². The maximum absolute atomic E-state index is 9.26. The molecule has 0 aromatic carbocycles. The molecule has 1 aliphatic heterocycles. The quantitative estimate of drug-likeness (QED) is 0.708. The van der Waals surface area contributed by atoms with Gasteiger partial charge in [0.15, 0.2) is 11.4 Å². The first-order valence-corrected chi connectivity index (χ1v) is 8.75. The van der Waals surface area contributed by atoms with Crippen LogP contribution in [0.4, 0.5) is 11.8 Å². The summed E-state index contributed by atoms with van der Waals surface area (Å²) in [4.78, 5) is 13.6. The number of nitrogens with zero attached hydrogens (tertiary/aromatic N) is 6. The lowest BCUT2D eigenvalue weighted by Crippen LogP contribution is -2.57. The van der Waals surface area contributed by atoms with Crippen molar-refractivity contribution in [3.8, 4) is 11.6 Å². The zero-order chi connectivity index (χ0) is 18.3. The highest BCUT2D eigenvalue weighted by molar-refractivity contribution is 5.59. The van der Waals surface area contributed by atoms with Crippen LogP contribution in [0.5, 0.6) is 0 Å². The average molecular weight is 357 g/mol. The molecule has 0 radical (unpaired) electrons. The average Bonchev–Trinajstić information content (AvgIpc) is 3.27. The molecule has 26 heavy (non-hydrogen) atoms. The molecule has 3 aromatic rings. The zero-order valence-corrected chi connectivity index (χ0v) is 14.9. The number of aromatic nitrogens is 4. The van der Waals surface area contributed by atoms with Crippen molar-refractivity contribution in [3.05, 3.63) is 24.5 Å². The molecule has 1 fully saturated rings. The summed E-state index contributed by atoms with van der Waals surface area (Å²) in [7, 11) is 0. The molecule has 0 spiro atoms. The highest BCUT2D eigenvalue weighted by Crippen LogP contribution is 2.24. The Labute approximate surface area is 151 Å². The van der Waals surface area contributed by atoms with Crippen molar-refractivity contribution in [2.45, 2.75) is 25.9 Å². The molecule has 2 unspecified atom stereocenters. The smallest absolute Gasteiger partial charge is 0.225 e. The van der Waals surface area contributed by atoms with Gasteiger partial charge in [-0.05, 0) is 26.0 Å². The van der Waals surface area contributed by atoms with Crippen LogP contribution in [0.2, 0.25) is 0 Å². The van der Waals surface area contributed by atoms with E-state index in [1.54, 1.807) is 12.3 Å². The number of nitrogens with two attached hydrogens (primary N) is 1. The largest absolute Gasteiger partial charge is 0.461 e. The Hall–Kier alpha value is -2.65. The molecule has 0 saturated carbocycles. The minimum Gasteiger partial charge on any atom is -0.461 e. The van der Waals surface area contributed by atoms with Gasteiger partial charge >= 0.3 is 0 Å². The van der Waals surface area contributed by atoms with Crippen molar-refractivity contribution in [1.29, 1.82) is 0 Å². The van der Waals surface area contributed by atoms with E-state index in [0.29, 0.717) is 41.8 Å². The molecule has 3 aromatic heterocycles. The lowest BCUT2D eigenvalue weighted by atomic mass is 10.1. The van der Waals surface area contributed by atoms with Gasteiger partial charge in [0.05, 0.1) is 12.9 Å². The number of nitrogen functional groups attached to an aromatic ring is 1. The first-order chi connectivity index (χ1) is 12.6. The maximum atomic E-state index is 9.26. The van der Waals surface area contributed by atoms with Crippen molar-refractivity contribution in [2.24, 2.45) is 0 Å². The first kappa shape index (κ1) is 16.8. The lowest BCUT2D eigenvalue weighted by Gasteiger charge is -2.44. The van der Waals surface area contributed by atoms with E-state index in [-0.39, 0.29) is 6.61 Å². The van der Waals surface area contributed by atoms with E-state index >= 15 is 0 Å². The monoisotopic (exact) mass is 357 g/mol. The molecule has 138 valence electrons. The van der Waals surface area contributed by atoms with Gasteiger partial charge in [-0.2, -0.15) is 9.50 Å². The molecule has 1 aliphatic rings. The predicted octanol–water partition coefficient (Wildman–Crippen LogP) is 0.858. The fraction of sp³-hybridized carbons (Fsp3) is 0.471. The highest BCUT2D eigenvalue weighted by atomic mass is 16.3. The standard InChI is InChI=1S/C17H23N7O2/c1-11-9-22(10-12(2)23(11)5-6-25)14-8-15-19-16(13-4-3-7-26-13)21-24(15)17(18)20-14/h3-4,7-8,11-12,25H,5-6,9-10H2,1-2H3,(H2,18,20). The molecular formula is C17H23N7O2. The lowest BCUT2D eigenvalue weighted by molar-refractivity contribution is 0.102. The third-order valence-corrected chi connectivity index (χ3v) is 4.86. The number of rotatable bonds is 4. The van der Waals surface area contributed by atoms with Gasteiger partial charge in [0.2, 0.25) is 11.8 Å². The van der Waals surface area contributed by atoms with E-state index in [1.807, 2.05) is 12.1 Å². The van der Waals surface area contributed by atoms with E-state index in [1.165, 1.54) is 4.52 Å². The zero-order valence-electron chi connectivity index (χ0n) is 14.9. The Morgan fingerprint density at radius 2 is 2.04 bits per heavy atom. The van der Waals surface area contributed by atoms with Gasteiger partial charge in [-0.1, -0.05) is 0 Å². The number of hydrogen-bond donors (Lipinski definition) is 2. The Morgan fingerprint density at radius 3 is 2.69 bits per heavy atom.